The molecule has 0 aromatic heterocycles. The summed E-state index contributed by atoms with van der Waals surface area (Å²) in [4.78, 5) is 43.2. The second-order valence-electron chi connectivity index (χ2n) is 10.8. The number of aliphatic hydroxyl groups is 1. The van der Waals surface area contributed by atoms with Gasteiger partial charge in [0, 0.05) is 17.5 Å². The highest BCUT2D eigenvalue weighted by atomic mass is 32.2. The first-order chi connectivity index (χ1) is 17.7. The summed E-state index contributed by atoms with van der Waals surface area (Å²) in [5, 5.41) is 16.2. The van der Waals surface area contributed by atoms with E-state index in [2.05, 4.69) is 17.6 Å². The van der Waals surface area contributed by atoms with Crippen molar-refractivity contribution in [3.63, 3.8) is 0 Å². The Kier molecular flexibility index (Phi) is 6.83. The molecule has 7 nitrogen and oxygen atoms in total. The summed E-state index contributed by atoms with van der Waals surface area (Å²) < 4.78 is -0.720. The highest BCUT2D eigenvalue weighted by Gasteiger charge is 2.76. The van der Waals surface area contributed by atoms with Crippen molar-refractivity contribution in [1.29, 1.82) is 0 Å². The Morgan fingerprint density at radius 1 is 1.16 bits per heavy atom. The van der Waals surface area contributed by atoms with Crippen LogP contribution in [0, 0.1) is 31.6 Å². The fraction of sp³-hybridized carbons (Fsp3) is 0.483. The number of likely N-dealkylation sites (tertiary alicyclic amines) is 1. The van der Waals surface area contributed by atoms with Crippen LogP contribution in [0.2, 0.25) is 0 Å². The number of nitrogens with one attached hydrogen (secondary N) is 2. The Bertz CT molecular complexity index is 1220. The third-order valence-corrected chi connectivity index (χ3v) is 10.5. The van der Waals surface area contributed by atoms with Crippen molar-refractivity contribution in [2.24, 2.45) is 17.8 Å². The normalized spacial score (nSPS) is 30.8. The molecule has 2 aromatic rings. The molecule has 5 rings (SSSR count). The maximum absolute atomic E-state index is 14.0. The quantitative estimate of drug-likeness (QED) is 0.520. The van der Waals surface area contributed by atoms with Crippen LogP contribution in [0.15, 0.2) is 48.5 Å². The van der Waals surface area contributed by atoms with Crippen LogP contribution in [-0.2, 0) is 20.9 Å². The lowest BCUT2D eigenvalue weighted by Gasteiger charge is -2.39. The Hall–Kier alpha value is -2.84. The van der Waals surface area contributed by atoms with Gasteiger partial charge in [0.2, 0.25) is 17.7 Å². The van der Waals surface area contributed by atoms with Crippen molar-refractivity contribution in [2.45, 2.75) is 62.7 Å². The molecule has 3 saturated heterocycles. The summed E-state index contributed by atoms with van der Waals surface area (Å²) in [7, 11) is 0. The molecule has 0 radical (unpaired) electrons. The summed E-state index contributed by atoms with van der Waals surface area (Å²) in [5.74, 6) is -1.64. The van der Waals surface area contributed by atoms with Crippen LogP contribution in [0.1, 0.15) is 37.0 Å². The SMILES string of the molecule is Cc1ccc(C)c(NC(=O)C2N([C@H](C)CO)C(=O)[C@@H]3[C@@H](C(=O)NCc4ccccc4)[C@H]4CC(C)C23S4)c1. The zero-order chi connectivity index (χ0) is 26.5. The number of hydrogen-bond acceptors (Lipinski definition) is 5. The van der Waals surface area contributed by atoms with E-state index in [9.17, 15) is 19.5 Å². The number of thioether (sulfide) groups is 1. The van der Waals surface area contributed by atoms with E-state index in [1.54, 1.807) is 23.6 Å². The molecule has 3 amide bonds. The van der Waals surface area contributed by atoms with Crippen LogP contribution in [0.3, 0.4) is 0 Å². The Morgan fingerprint density at radius 2 is 1.89 bits per heavy atom. The minimum absolute atomic E-state index is 0.0256. The number of aryl methyl sites for hydroxylation is 2. The lowest BCUT2D eigenvalue weighted by molar-refractivity contribution is -0.141. The molecule has 3 unspecified atom stereocenters. The van der Waals surface area contributed by atoms with Crippen LogP contribution in [-0.4, -0.2) is 56.4 Å². The van der Waals surface area contributed by atoms with Crippen molar-refractivity contribution < 1.29 is 19.5 Å². The lowest BCUT2D eigenvalue weighted by atomic mass is 9.66. The van der Waals surface area contributed by atoms with Crippen molar-refractivity contribution in [3.8, 4) is 0 Å². The summed E-state index contributed by atoms with van der Waals surface area (Å²) in [6.07, 6.45) is 0.770. The number of carbonyl (C=O) groups excluding carboxylic acids is 3. The topological polar surface area (TPSA) is 98.7 Å². The van der Waals surface area contributed by atoms with Gasteiger partial charge in [0.1, 0.15) is 6.04 Å². The van der Waals surface area contributed by atoms with Gasteiger partial charge in [-0.1, -0.05) is 49.4 Å². The van der Waals surface area contributed by atoms with Crippen molar-refractivity contribution >= 4 is 35.2 Å². The van der Waals surface area contributed by atoms with Crippen LogP contribution in [0.5, 0.6) is 0 Å². The van der Waals surface area contributed by atoms with Gasteiger partial charge in [0.05, 0.1) is 29.2 Å². The number of carbonyl (C=O) groups is 3. The Morgan fingerprint density at radius 3 is 2.59 bits per heavy atom. The predicted octanol–water partition coefficient (Wildman–Crippen LogP) is 3.28. The van der Waals surface area contributed by atoms with E-state index in [-0.39, 0.29) is 35.5 Å². The Balaban J connectivity index is 1.48. The highest BCUT2D eigenvalue weighted by molar-refractivity contribution is 8.02. The highest BCUT2D eigenvalue weighted by Crippen LogP contribution is 2.68. The number of amides is 3. The summed E-state index contributed by atoms with van der Waals surface area (Å²) >= 11 is 1.64. The molecule has 3 aliphatic heterocycles. The molecular weight excluding hydrogens is 486 g/mol. The van der Waals surface area contributed by atoms with E-state index < -0.39 is 28.7 Å². The molecule has 3 aliphatic rings. The van der Waals surface area contributed by atoms with Gasteiger partial charge >= 0.3 is 0 Å². The van der Waals surface area contributed by atoms with Gasteiger partial charge < -0.3 is 20.6 Å². The van der Waals surface area contributed by atoms with Gasteiger partial charge in [-0.05, 0) is 55.9 Å². The molecule has 7 atom stereocenters. The van der Waals surface area contributed by atoms with Gasteiger partial charge in [-0.2, -0.15) is 0 Å². The summed E-state index contributed by atoms with van der Waals surface area (Å²) in [6.45, 7) is 7.91. The largest absolute Gasteiger partial charge is 0.394 e. The van der Waals surface area contributed by atoms with Gasteiger partial charge in [-0.25, -0.2) is 0 Å². The van der Waals surface area contributed by atoms with E-state index in [4.69, 9.17) is 0 Å². The number of fused-ring (bicyclic) bond motifs is 1. The fourth-order valence-corrected chi connectivity index (χ4v) is 9.00. The standard InChI is InChI=1S/C29H35N3O4S/c1-16-10-11-17(2)21(12-16)31-27(35)25-29-18(3)13-22(37-29)23(24(29)28(36)32(25)19(4)15-33)26(34)30-14-20-8-6-5-7-9-20/h5-12,18-19,22-25,33H,13-15H2,1-4H3,(H,30,34)(H,31,35)/t18?,19-,22-,23+,24+,25?,29?/m1/s1. The average molecular weight is 522 g/mol. The van der Waals surface area contributed by atoms with E-state index in [0.29, 0.717) is 6.54 Å². The summed E-state index contributed by atoms with van der Waals surface area (Å²) in [5.41, 5.74) is 3.68. The van der Waals surface area contributed by atoms with Crippen LogP contribution < -0.4 is 10.6 Å². The van der Waals surface area contributed by atoms with Gasteiger partial charge in [0.25, 0.3) is 0 Å². The number of nitrogens with zero attached hydrogens (tertiary/aromatic N) is 1. The van der Waals surface area contributed by atoms with Gasteiger partial charge in [-0.3, -0.25) is 14.4 Å². The molecule has 3 fully saturated rings. The average Bonchev–Trinajstić information content (AvgIpc) is 3.48. The lowest BCUT2D eigenvalue weighted by Crippen LogP contribution is -2.56. The van der Waals surface area contributed by atoms with Gasteiger partial charge in [0.15, 0.2) is 0 Å². The summed E-state index contributed by atoms with van der Waals surface area (Å²) in [6, 6.07) is 14.3. The number of anilines is 1. The number of aliphatic hydroxyl groups excluding tert-OH is 1. The first kappa shape index (κ1) is 25.8. The third-order valence-electron chi connectivity index (χ3n) is 8.43. The zero-order valence-corrected chi connectivity index (χ0v) is 22.5. The maximum Gasteiger partial charge on any atom is 0.248 e. The van der Waals surface area contributed by atoms with Crippen molar-refractivity contribution in [3.05, 3.63) is 65.2 Å². The van der Waals surface area contributed by atoms with Crippen LogP contribution in [0.4, 0.5) is 5.69 Å². The maximum atomic E-state index is 14.0. The molecule has 8 heteroatoms. The molecule has 196 valence electrons. The number of rotatable bonds is 7. The van der Waals surface area contributed by atoms with Crippen LogP contribution in [0.25, 0.3) is 0 Å². The molecule has 0 aliphatic carbocycles. The molecule has 0 saturated carbocycles. The third kappa shape index (κ3) is 4.14. The van der Waals surface area contributed by atoms with E-state index >= 15 is 0 Å². The minimum atomic E-state index is -0.774. The van der Waals surface area contributed by atoms with E-state index in [0.717, 1.165) is 28.8 Å². The van der Waals surface area contributed by atoms with E-state index in [1.807, 2.05) is 62.4 Å². The predicted molar refractivity (Wildman–Crippen MR) is 145 cm³/mol. The second kappa shape index (κ2) is 9.80. The Labute approximate surface area is 222 Å². The second-order valence-corrected chi connectivity index (χ2v) is 12.4. The van der Waals surface area contributed by atoms with Crippen molar-refractivity contribution in [2.75, 3.05) is 11.9 Å². The number of hydrogen-bond donors (Lipinski definition) is 3. The van der Waals surface area contributed by atoms with Crippen LogP contribution >= 0.6 is 11.8 Å². The smallest absolute Gasteiger partial charge is 0.248 e. The van der Waals surface area contributed by atoms with Crippen molar-refractivity contribution in [1.82, 2.24) is 10.2 Å². The molecule has 3 heterocycles. The number of benzene rings is 2. The van der Waals surface area contributed by atoms with E-state index in [1.165, 1.54) is 0 Å². The molecule has 2 aromatic carbocycles. The molecule has 37 heavy (non-hydrogen) atoms. The first-order valence-electron chi connectivity index (χ1n) is 13.0. The van der Waals surface area contributed by atoms with Gasteiger partial charge in [-0.15, -0.1) is 11.8 Å². The molecule has 2 bridgehead atoms. The zero-order valence-electron chi connectivity index (χ0n) is 21.7. The minimum Gasteiger partial charge on any atom is -0.394 e. The molecule has 1 spiro atoms. The first-order valence-corrected chi connectivity index (χ1v) is 13.9. The molecular formula is C29H35N3O4S. The fourth-order valence-electron chi connectivity index (χ4n) is 6.60. The monoisotopic (exact) mass is 521 g/mol. The molecule has 3 N–H and O–H groups in total.